The Hall–Kier alpha value is -3.10. The fraction of sp³-hybridized carbons (Fsp3) is 0. The average Bonchev–Trinajstić information content (AvgIpc) is 3.02. The number of carbonyl (C=O) groups is 1. The molecule has 2 aromatic carbocycles. The first-order valence-corrected chi connectivity index (χ1v) is 6.46. The van der Waals surface area contributed by atoms with Crippen LogP contribution in [-0.2, 0) is 0 Å². The molecule has 0 fully saturated rings. The van der Waals surface area contributed by atoms with Crippen LogP contribution in [0.2, 0.25) is 0 Å². The van der Waals surface area contributed by atoms with Crippen molar-refractivity contribution in [1.29, 1.82) is 0 Å². The van der Waals surface area contributed by atoms with Gasteiger partial charge in [0.1, 0.15) is 11.3 Å². The normalized spacial score (nSPS) is 10.9. The summed E-state index contributed by atoms with van der Waals surface area (Å²) in [5.41, 5.74) is 2.50. The van der Waals surface area contributed by atoms with Crippen LogP contribution in [0.4, 0.5) is 27.6 Å². The first kappa shape index (κ1) is 15.8. The minimum Gasteiger partial charge on any atom is -0.451 e. The number of nitrogens with one attached hydrogen (secondary N) is 2. The molecule has 2 N–H and O–H groups in total. The SMILES string of the molecule is O=C(NNc1c(F)c(F)c(F)c(F)c1F)c1cc2ccccc2o1. The maximum atomic E-state index is 13.5. The molecular formula is C15H7F5N2O2. The lowest BCUT2D eigenvalue weighted by atomic mass is 10.2. The number of para-hydroxylation sites is 1. The van der Waals surface area contributed by atoms with E-state index in [0.29, 0.717) is 11.0 Å². The zero-order chi connectivity index (χ0) is 17.4. The predicted octanol–water partition coefficient (Wildman–Crippen LogP) is 3.89. The van der Waals surface area contributed by atoms with Crippen LogP contribution in [0, 0.1) is 29.1 Å². The lowest BCUT2D eigenvalue weighted by molar-refractivity contribution is 0.0937. The third-order valence-corrected chi connectivity index (χ3v) is 3.16. The maximum absolute atomic E-state index is 13.5. The van der Waals surface area contributed by atoms with Crippen molar-refractivity contribution >= 4 is 22.6 Å². The van der Waals surface area contributed by atoms with Gasteiger partial charge in [-0.25, -0.2) is 22.0 Å². The van der Waals surface area contributed by atoms with Crippen LogP contribution in [0.25, 0.3) is 11.0 Å². The summed E-state index contributed by atoms with van der Waals surface area (Å²) in [5.74, 6) is -11.9. The van der Waals surface area contributed by atoms with Gasteiger partial charge in [-0.05, 0) is 12.1 Å². The summed E-state index contributed by atoms with van der Waals surface area (Å²) in [4.78, 5) is 11.9. The number of hydrazine groups is 1. The number of anilines is 1. The molecule has 24 heavy (non-hydrogen) atoms. The molecule has 3 aromatic rings. The summed E-state index contributed by atoms with van der Waals surface area (Å²) in [6.07, 6.45) is 0. The van der Waals surface area contributed by atoms with E-state index < -0.39 is 40.7 Å². The quantitative estimate of drug-likeness (QED) is 0.329. The zero-order valence-corrected chi connectivity index (χ0v) is 11.6. The topological polar surface area (TPSA) is 54.3 Å². The van der Waals surface area contributed by atoms with Crippen LogP contribution in [0.5, 0.6) is 0 Å². The first-order chi connectivity index (χ1) is 11.4. The Morgan fingerprint density at radius 3 is 2.08 bits per heavy atom. The molecule has 1 amide bonds. The van der Waals surface area contributed by atoms with Gasteiger partial charge in [-0.15, -0.1) is 0 Å². The van der Waals surface area contributed by atoms with Crippen molar-refractivity contribution in [2.75, 3.05) is 5.43 Å². The Balaban J connectivity index is 1.84. The molecule has 1 heterocycles. The summed E-state index contributed by atoms with van der Waals surface area (Å²) in [6.45, 7) is 0. The Labute approximate surface area is 130 Å². The summed E-state index contributed by atoms with van der Waals surface area (Å²) < 4.78 is 71.2. The molecule has 0 bridgehead atoms. The van der Waals surface area contributed by atoms with Crippen LogP contribution in [0.3, 0.4) is 0 Å². The van der Waals surface area contributed by atoms with E-state index in [1.54, 1.807) is 29.7 Å². The molecule has 0 saturated heterocycles. The van der Waals surface area contributed by atoms with Crippen LogP contribution >= 0.6 is 0 Å². The zero-order valence-electron chi connectivity index (χ0n) is 11.6. The Morgan fingerprint density at radius 1 is 0.875 bits per heavy atom. The molecule has 0 saturated carbocycles. The summed E-state index contributed by atoms with van der Waals surface area (Å²) in [6, 6.07) is 7.97. The second-order valence-electron chi connectivity index (χ2n) is 4.67. The van der Waals surface area contributed by atoms with Crippen LogP contribution in [0.15, 0.2) is 34.7 Å². The van der Waals surface area contributed by atoms with Crippen molar-refractivity contribution in [3.05, 3.63) is 65.2 Å². The van der Waals surface area contributed by atoms with Gasteiger partial charge in [0.2, 0.25) is 5.82 Å². The highest BCUT2D eigenvalue weighted by Crippen LogP contribution is 2.26. The molecule has 0 unspecified atom stereocenters. The molecule has 0 aliphatic heterocycles. The fourth-order valence-corrected chi connectivity index (χ4v) is 1.99. The third-order valence-electron chi connectivity index (χ3n) is 3.16. The largest absolute Gasteiger partial charge is 0.451 e. The van der Waals surface area contributed by atoms with Gasteiger partial charge < -0.3 is 4.42 Å². The van der Waals surface area contributed by atoms with Crippen molar-refractivity contribution < 1.29 is 31.2 Å². The van der Waals surface area contributed by atoms with Gasteiger partial charge >= 0.3 is 5.91 Å². The van der Waals surface area contributed by atoms with Gasteiger partial charge in [0, 0.05) is 5.39 Å². The van der Waals surface area contributed by atoms with Crippen molar-refractivity contribution in [3.63, 3.8) is 0 Å². The highest BCUT2D eigenvalue weighted by Gasteiger charge is 2.26. The van der Waals surface area contributed by atoms with E-state index in [2.05, 4.69) is 0 Å². The van der Waals surface area contributed by atoms with Crippen molar-refractivity contribution in [3.8, 4) is 0 Å². The van der Waals surface area contributed by atoms with E-state index in [0.717, 1.165) is 0 Å². The number of furan rings is 1. The molecule has 0 aliphatic carbocycles. The van der Waals surface area contributed by atoms with Gasteiger partial charge in [-0.3, -0.25) is 15.6 Å². The predicted molar refractivity (Wildman–Crippen MR) is 73.5 cm³/mol. The molecule has 0 radical (unpaired) electrons. The molecule has 1 aromatic heterocycles. The molecule has 0 atom stereocenters. The highest BCUT2D eigenvalue weighted by atomic mass is 19.2. The van der Waals surface area contributed by atoms with E-state index in [-0.39, 0.29) is 5.76 Å². The highest BCUT2D eigenvalue weighted by molar-refractivity contribution is 5.96. The van der Waals surface area contributed by atoms with E-state index in [1.807, 2.05) is 5.43 Å². The van der Waals surface area contributed by atoms with Crippen molar-refractivity contribution in [2.24, 2.45) is 0 Å². The van der Waals surface area contributed by atoms with Gasteiger partial charge in [-0.1, -0.05) is 18.2 Å². The molecule has 0 spiro atoms. The molecular weight excluding hydrogens is 335 g/mol. The molecule has 4 nitrogen and oxygen atoms in total. The van der Waals surface area contributed by atoms with Crippen molar-refractivity contribution in [2.45, 2.75) is 0 Å². The second kappa shape index (κ2) is 5.84. The standard InChI is InChI=1S/C15H7F5N2O2/c16-9-10(17)12(19)14(13(20)11(9)18)21-22-15(23)8-5-6-3-1-2-4-7(6)24-8/h1-5,21H,(H,22,23). The van der Waals surface area contributed by atoms with E-state index >= 15 is 0 Å². The van der Waals surface area contributed by atoms with E-state index in [9.17, 15) is 26.7 Å². The lowest BCUT2D eigenvalue weighted by Gasteiger charge is -2.10. The summed E-state index contributed by atoms with van der Waals surface area (Å²) >= 11 is 0. The number of rotatable bonds is 3. The van der Waals surface area contributed by atoms with Gasteiger partial charge in [0.05, 0.1) is 0 Å². The Kier molecular flexibility index (Phi) is 3.84. The number of benzene rings is 2. The van der Waals surface area contributed by atoms with Gasteiger partial charge in [-0.2, -0.15) is 0 Å². The number of carbonyl (C=O) groups excluding carboxylic acids is 1. The molecule has 3 rings (SSSR count). The van der Waals surface area contributed by atoms with Crippen molar-refractivity contribution in [1.82, 2.24) is 5.43 Å². The third kappa shape index (κ3) is 2.53. The first-order valence-electron chi connectivity index (χ1n) is 6.46. The number of fused-ring (bicyclic) bond motifs is 1. The number of halogens is 5. The Morgan fingerprint density at radius 2 is 1.46 bits per heavy atom. The number of amides is 1. The molecule has 9 heteroatoms. The average molecular weight is 342 g/mol. The molecule has 124 valence electrons. The molecule has 0 aliphatic rings. The van der Waals surface area contributed by atoms with E-state index in [4.69, 9.17) is 4.42 Å². The Bertz CT molecular complexity index is 892. The summed E-state index contributed by atoms with van der Waals surface area (Å²) in [5, 5.41) is 0.596. The van der Waals surface area contributed by atoms with Crippen LogP contribution in [0.1, 0.15) is 10.6 Å². The minimum atomic E-state index is -2.29. The lowest BCUT2D eigenvalue weighted by Crippen LogP contribution is -2.30. The number of hydrogen-bond acceptors (Lipinski definition) is 3. The van der Waals surface area contributed by atoms with Gasteiger partial charge in [0.25, 0.3) is 0 Å². The second-order valence-corrected chi connectivity index (χ2v) is 4.67. The van der Waals surface area contributed by atoms with E-state index in [1.165, 1.54) is 6.07 Å². The summed E-state index contributed by atoms with van der Waals surface area (Å²) in [7, 11) is 0. The van der Waals surface area contributed by atoms with Crippen LogP contribution in [-0.4, -0.2) is 5.91 Å². The fourth-order valence-electron chi connectivity index (χ4n) is 1.99. The maximum Gasteiger partial charge on any atom is 0.305 e. The van der Waals surface area contributed by atoms with Gasteiger partial charge in [0.15, 0.2) is 29.0 Å². The van der Waals surface area contributed by atoms with Crippen LogP contribution < -0.4 is 10.9 Å². The monoisotopic (exact) mass is 342 g/mol. The smallest absolute Gasteiger partial charge is 0.305 e. The minimum absolute atomic E-state index is 0.215. The number of hydrogen-bond donors (Lipinski definition) is 2.